The van der Waals surface area contributed by atoms with Gasteiger partial charge in [-0.25, -0.2) is 0 Å². The highest BCUT2D eigenvalue weighted by molar-refractivity contribution is 14.0. The van der Waals surface area contributed by atoms with Crippen molar-refractivity contribution in [1.82, 2.24) is 25.3 Å². The smallest absolute Gasteiger partial charge is 0.219 e. The van der Waals surface area contributed by atoms with Gasteiger partial charge in [0.15, 0.2) is 5.96 Å². The van der Waals surface area contributed by atoms with E-state index in [1.165, 1.54) is 5.56 Å². The molecule has 0 bridgehead atoms. The second-order valence-corrected chi connectivity index (χ2v) is 5.70. The van der Waals surface area contributed by atoms with E-state index in [1.54, 1.807) is 14.0 Å². The number of piperidine rings is 1. The van der Waals surface area contributed by atoms with Crippen molar-refractivity contribution in [3.05, 3.63) is 18.0 Å². The van der Waals surface area contributed by atoms with Gasteiger partial charge in [0.05, 0.1) is 12.7 Å². The van der Waals surface area contributed by atoms with E-state index in [1.807, 2.05) is 28.9 Å². The average molecular weight is 434 g/mol. The number of rotatable bonds is 4. The predicted molar refractivity (Wildman–Crippen MR) is 102 cm³/mol. The second kappa shape index (κ2) is 9.74. The van der Waals surface area contributed by atoms with Gasteiger partial charge in [0.2, 0.25) is 5.91 Å². The van der Waals surface area contributed by atoms with Crippen LogP contribution in [0.4, 0.5) is 0 Å². The number of carbonyl (C=O) groups is 1. The zero-order valence-electron chi connectivity index (χ0n) is 14.1. The van der Waals surface area contributed by atoms with Gasteiger partial charge in [0.25, 0.3) is 0 Å². The van der Waals surface area contributed by atoms with E-state index >= 15 is 0 Å². The van der Waals surface area contributed by atoms with E-state index in [-0.39, 0.29) is 29.9 Å². The first-order valence-electron chi connectivity index (χ1n) is 7.80. The third-order valence-electron chi connectivity index (χ3n) is 3.90. The van der Waals surface area contributed by atoms with E-state index in [2.05, 4.69) is 20.7 Å². The van der Waals surface area contributed by atoms with Crippen molar-refractivity contribution in [1.29, 1.82) is 0 Å². The summed E-state index contributed by atoms with van der Waals surface area (Å²) in [7, 11) is 1.78. The van der Waals surface area contributed by atoms with Crippen molar-refractivity contribution in [3.8, 4) is 0 Å². The molecule has 1 aliphatic rings. The first-order valence-corrected chi connectivity index (χ1v) is 7.80. The Labute approximate surface area is 154 Å². The zero-order chi connectivity index (χ0) is 15.9. The minimum absolute atomic E-state index is 0. The highest BCUT2D eigenvalue weighted by atomic mass is 127. The van der Waals surface area contributed by atoms with E-state index in [4.69, 9.17) is 0 Å². The van der Waals surface area contributed by atoms with Crippen LogP contribution in [0.25, 0.3) is 0 Å². The molecule has 1 amide bonds. The Kier molecular flexibility index (Phi) is 8.35. The highest BCUT2D eigenvalue weighted by Crippen LogP contribution is 2.10. The van der Waals surface area contributed by atoms with Gasteiger partial charge >= 0.3 is 0 Å². The molecule has 1 aromatic heterocycles. The molecule has 0 aromatic carbocycles. The lowest BCUT2D eigenvalue weighted by Gasteiger charge is -2.32. The number of carbonyl (C=O) groups excluding carboxylic acids is 1. The lowest BCUT2D eigenvalue weighted by Crippen LogP contribution is -2.49. The van der Waals surface area contributed by atoms with Crippen LogP contribution in [0.1, 0.15) is 25.3 Å². The van der Waals surface area contributed by atoms with Gasteiger partial charge in [-0.15, -0.1) is 24.0 Å². The number of aliphatic imine (C=N–C) groups is 1. The molecule has 0 aliphatic carbocycles. The molecule has 2 heterocycles. The molecular formula is C15H27IN6O. The molecule has 1 saturated heterocycles. The van der Waals surface area contributed by atoms with E-state index in [9.17, 15) is 4.79 Å². The molecule has 130 valence electrons. The molecule has 8 heteroatoms. The molecule has 0 saturated carbocycles. The van der Waals surface area contributed by atoms with Crippen LogP contribution in [0.15, 0.2) is 17.4 Å². The van der Waals surface area contributed by atoms with Gasteiger partial charge in [-0.3, -0.25) is 14.5 Å². The fraction of sp³-hybridized carbons (Fsp3) is 0.667. The SMILES string of the molecule is CN=C(NCCn1cc(C)cn1)NC1CCN(C(C)=O)CC1.I. The maximum atomic E-state index is 11.3. The fourth-order valence-corrected chi connectivity index (χ4v) is 2.60. The third-order valence-corrected chi connectivity index (χ3v) is 3.90. The summed E-state index contributed by atoms with van der Waals surface area (Å²) in [5, 5.41) is 11.0. The molecule has 0 spiro atoms. The maximum absolute atomic E-state index is 11.3. The van der Waals surface area contributed by atoms with Crippen LogP contribution >= 0.6 is 24.0 Å². The number of nitrogens with one attached hydrogen (secondary N) is 2. The van der Waals surface area contributed by atoms with Crippen molar-refractivity contribution in [2.24, 2.45) is 4.99 Å². The number of halogens is 1. The van der Waals surface area contributed by atoms with E-state index in [0.717, 1.165) is 45.0 Å². The summed E-state index contributed by atoms with van der Waals surface area (Å²) >= 11 is 0. The number of nitrogens with zero attached hydrogens (tertiary/aromatic N) is 4. The highest BCUT2D eigenvalue weighted by Gasteiger charge is 2.21. The third kappa shape index (κ3) is 6.36. The Bertz CT molecular complexity index is 522. The van der Waals surface area contributed by atoms with Crippen molar-refractivity contribution < 1.29 is 4.79 Å². The molecule has 0 atom stereocenters. The Morgan fingerprint density at radius 3 is 2.65 bits per heavy atom. The number of aromatic nitrogens is 2. The maximum Gasteiger partial charge on any atom is 0.219 e. The van der Waals surface area contributed by atoms with Crippen LogP contribution in [-0.4, -0.2) is 59.3 Å². The minimum atomic E-state index is 0. The zero-order valence-corrected chi connectivity index (χ0v) is 16.4. The van der Waals surface area contributed by atoms with Crippen LogP contribution in [-0.2, 0) is 11.3 Å². The molecule has 2 rings (SSSR count). The summed E-state index contributed by atoms with van der Waals surface area (Å²) in [5.41, 5.74) is 1.17. The van der Waals surface area contributed by atoms with E-state index in [0.29, 0.717) is 6.04 Å². The first kappa shape index (κ1) is 19.7. The van der Waals surface area contributed by atoms with Crippen LogP contribution in [0.2, 0.25) is 0 Å². The van der Waals surface area contributed by atoms with Crippen LogP contribution in [0.5, 0.6) is 0 Å². The molecule has 0 radical (unpaired) electrons. The predicted octanol–water partition coefficient (Wildman–Crippen LogP) is 0.985. The quantitative estimate of drug-likeness (QED) is 0.421. The minimum Gasteiger partial charge on any atom is -0.355 e. The number of likely N-dealkylation sites (tertiary alicyclic amines) is 1. The van der Waals surface area contributed by atoms with Gasteiger partial charge < -0.3 is 15.5 Å². The molecule has 23 heavy (non-hydrogen) atoms. The lowest BCUT2D eigenvalue weighted by atomic mass is 10.1. The lowest BCUT2D eigenvalue weighted by molar-refractivity contribution is -0.129. The molecule has 1 aliphatic heterocycles. The van der Waals surface area contributed by atoms with Gasteiger partial charge in [0.1, 0.15) is 0 Å². The summed E-state index contributed by atoms with van der Waals surface area (Å²) in [5.74, 6) is 0.973. The molecule has 0 unspecified atom stereocenters. The van der Waals surface area contributed by atoms with Crippen LogP contribution in [0.3, 0.4) is 0 Å². The molecule has 1 aromatic rings. The number of guanidine groups is 1. The van der Waals surface area contributed by atoms with Gasteiger partial charge in [-0.1, -0.05) is 0 Å². The largest absolute Gasteiger partial charge is 0.355 e. The summed E-state index contributed by atoms with van der Waals surface area (Å²) in [6.07, 6.45) is 5.79. The number of amides is 1. The van der Waals surface area contributed by atoms with Crippen molar-refractivity contribution in [3.63, 3.8) is 0 Å². The first-order chi connectivity index (χ1) is 10.6. The van der Waals surface area contributed by atoms with Crippen molar-refractivity contribution in [2.45, 2.75) is 39.3 Å². The molecule has 1 fully saturated rings. The summed E-state index contributed by atoms with van der Waals surface area (Å²) in [4.78, 5) is 17.5. The van der Waals surface area contributed by atoms with Gasteiger partial charge in [-0.2, -0.15) is 5.10 Å². The number of hydrogen-bond acceptors (Lipinski definition) is 3. The Balaban J connectivity index is 0.00000264. The summed E-state index contributed by atoms with van der Waals surface area (Å²) in [6.45, 7) is 6.87. The van der Waals surface area contributed by atoms with E-state index < -0.39 is 0 Å². The fourth-order valence-electron chi connectivity index (χ4n) is 2.60. The standard InChI is InChI=1S/C15H26N6O.HI/c1-12-10-18-21(11-12)9-6-17-15(16-3)19-14-4-7-20(8-5-14)13(2)22;/h10-11,14H,4-9H2,1-3H3,(H2,16,17,19);1H. The van der Waals surface area contributed by atoms with Crippen molar-refractivity contribution in [2.75, 3.05) is 26.7 Å². The normalized spacial score (nSPS) is 16.0. The molecule has 2 N–H and O–H groups in total. The van der Waals surface area contributed by atoms with Crippen LogP contribution < -0.4 is 10.6 Å². The summed E-state index contributed by atoms with van der Waals surface area (Å²) < 4.78 is 1.92. The van der Waals surface area contributed by atoms with Gasteiger partial charge in [-0.05, 0) is 25.3 Å². The number of aryl methyl sites for hydroxylation is 1. The molecule has 7 nitrogen and oxygen atoms in total. The summed E-state index contributed by atoms with van der Waals surface area (Å²) in [6, 6.07) is 0.369. The topological polar surface area (TPSA) is 74.6 Å². The Morgan fingerprint density at radius 1 is 1.43 bits per heavy atom. The Hall–Kier alpha value is -1.32. The second-order valence-electron chi connectivity index (χ2n) is 5.70. The Morgan fingerprint density at radius 2 is 2.13 bits per heavy atom. The van der Waals surface area contributed by atoms with Crippen LogP contribution in [0, 0.1) is 6.92 Å². The monoisotopic (exact) mass is 434 g/mol. The number of hydrogen-bond donors (Lipinski definition) is 2. The average Bonchev–Trinajstić information content (AvgIpc) is 2.92. The van der Waals surface area contributed by atoms with Gasteiger partial charge in [0, 0.05) is 45.8 Å². The van der Waals surface area contributed by atoms with Crippen molar-refractivity contribution >= 4 is 35.8 Å². The molecular weight excluding hydrogens is 407 g/mol.